The molecule has 0 aliphatic carbocycles. The normalized spacial score (nSPS) is 11.7. The Balaban J connectivity index is 1.80. The van der Waals surface area contributed by atoms with Crippen molar-refractivity contribution in [3.63, 3.8) is 0 Å². The van der Waals surface area contributed by atoms with Crippen LogP contribution in [-0.2, 0) is 23.6 Å². The van der Waals surface area contributed by atoms with E-state index in [4.69, 9.17) is 5.73 Å². The van der Waals surface area contributed by atoms with Crippen molar-refractivity contribution in [2.45, 2.75) is 11.4 Å². The van der Waals surface area contributed by atoms with Gasteiger partial charge in [0, 0.05) is 41.7 Å². The second kappa shape index (κ2) is 6.97. The first-order valence-electron chi connectivity index (χ1n) is 6.38. The average Bonchev–Trinajstić information content (AvgIpc) is 2.85. The Kier molecular flexibility index (Phi) is 5.27. The fourth-order valence-electron chi connectivity index (χ4n) is 1.70. The molecule has 0 atom stereocenters. The van der Waals surface area contributed by atoms with E-state index in [1.807, 2.05) is 18.2 Å². The predicted octanol–water partition coefficient (Wildman–Crippen LogP) is 1.21. The Bertz CT molecular complexity index is 698. The van der Waals surface area contributed by atoms with Crippen LogP contribution in [-0.4, -0.2) is 29.7 Å². The van der Waals surface area contributed by atoms with Crippen molar-refractivity contribution in [1.82, 2.24) is 14.5 Å². The van der Waals surface area contributed by atoms with Crippen molar-refractivity contribution in [2.24, 2.45) is 7.05 Å². The Morgan fingerprint density at radius 3 is 2.81 bits per heavy atom. The molecule has 0 saturated carbocycles. The number of nitrogens with zero attached hydrogens (tertiary/aromatic N) is 2. The van der Waals surface area contributed by atoms with Crippen molar-refractivity contribution in [3.05, 3.63) is 42.2 Å². The largest absolute Gasteiger partial charge is 0.398 e. The van der Waals surface area contributed by atoms with E-state index in [1.54, 1.807) is 30.2 Å². The number of benzene rings is 1. The minimum absolute atomic E-state index is 0.0479. The van der Waals surface area contributed by atoms with E-state index < -0.39 is 10.0 Å². The van der Waals surface area contributed by atoms with E-state index >= 15 is 0 Å². The molecule has 0 aliphatic rings. The highest BCUT2D eigenvalue weighted by Crippen LogP contribution is 2.24. The summed E-state index contributed by atoms with van der Waals surface area (Å²) in [6.45, 7) is 0.258. The first kappa shape index (κ1) is 15.9. The van der Waals surface area contributed by atoms with Gasteiger partial charge in [-0.25, -0.2) is 13.1 Å². The lowest BCUT2D eigenvalue weighted by atomic mass is 10.3. The number of nitrogen functional groups attached to an aromatic ring is 1. The second-order valence-corrected chi connectivity index (χ2v) is 7.61. The Morgan fingerprint density at radius 1 is 1.38 bits per heavy atom. The number of sulfonamides is 1. The van der Waals surface area contributed by atoms with E-state index in [9.17, 15) is 8.42 Å². The van der Waals surface area contributed by atoms with E-state index in [2.05, 4.69) is 9.82 Å². The summed E-state index contributed by atoms with van der Waals surface area (Å²) < 4.78 is 28.0. The molecule has 2 aromatic rings. The summed E-state index contributed by atoms with van der Waals surface area (Å²) in [5.74, 6) is 0.503. The van der Waals surface area contributed by atoms with Gasteiger partial charge in [0.15, 0.2) is 0 Å². The van der Waals surface area contributed by atoms with Crippen molar-refractivity contribution >= 4 is 27.5 Å². The molecule has 114 valence electrons. The summed E-state index contributed by atoms with van der Waals surface area (Å²) in [7, 11) is -1.51. The van der Waals surface area contributed by atoms with Crippen LogP contribution in [0.1, 0.15) is 5.56 Å². The number of nitrogens with two attached hydrogens (primary N) is 1. The van der Waals surface area contributed by atoms with E-state index in [1.165, 1.54) is 11.8 Å². The maximum Gasteiger partial charge on any atom is 0.212 e. The van der Waals surface area contributed by atoms with Gasteiger partial charge >= 0.3 is 0 Å². The lowest BCUT2D eigenvalue weighted by molar-refractivity contribution is 0.583. The van der Waals surface area contributed by atoms with Gasteiger partial charge in [0.2, 0.25) is 10.0 Å². The molecule has 0 radical (unpaired) electrons. The topological polar surface area (TPSA) is 90.0 Å². The summed E-state index contributed by atoms with van der Waals surface area (Å²) in [6.07, 6.45) is 3.42. The Labute approximate surface area is 128 Å². The third-order valence-electron chi connectivity index (χ3n) is 2.78. The van der Waals surface area contributed by atoms with Gasteiger partial charge in [-0.1, -0.05) is 12.1 Å². The second-order valence-electron chi connectivity index (χ2n) is 4.55. The summed E-state index contributed by atoms with van der Waals surface area (Å²) >= 11 is 1.44. The molecular weight excluding hydrogens is 308 g/mol. The number of hydrogen-bond donors (Lipinski definition) is 2. The first-order valence-corrected chi connectivity index (χ1v) is 9.02. The molecule has 3 N–H and O–H groups in total. The van der Waals surface area contributed by atoms with Gasteiger partial charge in [0.1, 0.15) is 0 Å². The smallest absolute Gasteiger partial charge is 0.212 e. The first-order chi connectivity index (χ1) is 9.96. The zero-order valence-corrected chi connectivity index (χ0v) is 13.3. The van der Waals surface area contributed by atoms with Crippen LogP contribution in [0.3, 0.4) is 0 Å². The summed E-state index contributed by atoms with van der Waals surface area (Å²) in [5.41, 5.74) is 7.32. The van der Waals surface area contributed by atoms with E-state index in [-0.39, 0.29) is 12.3 Å². The highest BCUT2D eigenvalue weighted by atomic mass is 32.2. The lowest BCUT2D eigenvalue weighted by Gasteiger charge is -2.07. The maximum absolute atomic E-state index is 11.9. The molecule has 1 heterocycles. The fraction of sp³-hybridized carbons (Fsp3) is 0.308. The quantitative estimate of drug-likeness (QED) is 0.590. The zero-order chi connectivity index (χ0) is 15.3. The third-order valence-corrected chi connectivity index (χ3v) is 5.46. The lowest BCUT2D eigenvalue weighted by Crippen LogP contribution is -2.26. The van der Waals surface area contributed by atoms with Crippen molar-refractivity contribution in [2.75, 3.05) is 17.2 Å². The molecule has 0 amide bonds. The highest BCUT2D eigenvalue weighted by Gasteiger charge is 2.11. The summed E-state index contributed by atoms with van der Waals surface area (Å²) in [6, 6.07) is 7.42. The number of aromatic nitrogens is 2. The molecule has 0 spiro atoms. The Hall–Kier alpha value is -1.51. The molecule has 1 aromatic carbocycles. The molecule has 2 rings (SSSR count). The van der Waals surface area contributed by atoms with Crippen molar-refractivity contribution < 1.29 is 8.42 Å². The average molecular weight is 326 g/mol. The van der Waals surface area contributed by atoms with Crippen LogP contribution in [0.15, 0.2) is 41.6 Å². The van der Waals surface area contributed by atoms with Gasteiger partial charge in [-0.05, 0) is 12.1 Å². The van der Waals surface area contributed by atoms with Crippen LogP contribution >= 0.6 is 11.8 Å². The molecule has 0 fully saturated rings. The van der Waals surface area contributed by atoms with E-state index in [0.717, 1.165) is 10.5 Å². The minimum atomic E-state index is -3.30. The summed E-state index contributed by atoms with van der Waals surface area (Å²) in [5, 5.41) is 3.99. The van der Waals surface area contributed by atoms with Crippen LogP contribution in [0, 0.1) is 0 Å². The number of hydrogen-bond acceptors (Lipinski definition) is 5. The molecule has 1 aromatic heterocycles. The summed E-state index contributed by atoms with van der Waals surface area (Å²) in [4.78, 5) is 0.903. The van der Waals surface area contributed by atoms with Gasteiger partial charge in [-0.2, -0.15) is 5.10 Å². The van der Waals surface area contributed by atoms with Gasteiger partial charge in [0.25, 0.3) is 0 Å². The fourth-order valence-corrected chi connectivity index (χ4v) is 4.07. The molecule has 0 bridgehead atoms. The number of rotatable bonds is 7. The third kappa shape index (κ3) is 5.07. The van der Waals surface area contributed by atoms with Crippen molar-refractivity contribution in [3.8, 4) is 0 Å². The monoisotopic (exact) mass is 326 g/mol. The molecule has 0 unspecified atom stereocenters. The molecule has 21 heavy (non-hydrogen) atoms. The highest BCUT2D eigenvalue weighted by molar-refractivity contribution is 8.00. The molecular formula is C13H18N4O2S2. The van der Waals surface area contributed by atoms with Crippen LogP contribution in [0.25, 0.3) is 0 Å². The standard InChI is InChI=1S/C13H18N4O2S2/c1-17-10-11(8-15-17)9-16-21(18,19)7-6-20-13-5-3-2-4-12(13)14/h2-5,8,10,16H,6-7,9,14H2,1H3. The zero-order valence-electron chi connectivity index (χ0n) is 11.7. The molecule has 6 nitrogen and oxygen atoms in total. The van der Waals surface area contributed by atoms with Gasteiger partial charge < -0.3 is 5.73 Å². The van der Waals surface area contributed by atoms with Crippen LogP contribution in [0.4, 0.5) is 5.69 Å². The number of anilines is 1. The number of nitrogens with one attached hydrogen (secondary N) is 1. The van der Waals surface area contributed by atoms with Crippen LogP contribution < -0.4 is 10.5 Å². The van der Waals surface area contributed by atoms with Crippen molar-refractivity contribution in [1.29, 1.82) is 0 Å². The predicted molar refractivity (Wildman–Crippen MR) is 85.4 cm³/mol. The van der Waals surface area contributed by atoms with Gasteiger partial charge in [0.05, 0.1) is 11.9 Å². The minimum Gasteiger partial charge on any atom is -0.398 e. The number of aryl methyl sites for hydroxylation is 1. The molecule has 0 aliphatic heterocycles. The van der Waals surface area contributed by atoms with Gasteiger partial charge in [-0.3, -0.25) is 4.68 Å². The molecule has 8 heteroatoms. The number of thioether (sulfide) groups is 1. The maximum atomic E-state index is 11.9. The van der Waals surface area contributed by atoms with Gasteiger partial charge in [-0.15, -0.1) is 11.8 Å². The van der Waals surface area contributed by atoms with E-state index in [0.29, 0.717) is 11.4 Å². The molecule has 0 saturated heterocycles. The SMILES string of the molecule is Cn1cc(CNS(=O)(=O)CCSc2ccccc2N)cn1. The Morgan fingerprint density at radius 2 is 2.14 bits per heavy atom. The van der Waals surface area contributed by atoms with Crippen LogP contribution in [0.5, 0.6) is 0 Å². The van der Waals surface area contributed by atoms with Crippen LogP contribution in [0.2, 0.25) is 0 Å². The number of para-hydroxylation sites is 1.